The summed E-state index contributed by atoms with van der Waals surface area (Å²) in [6.07, 6.45) is 4.92. The highest BCUT2D eigenvalue weighted by Gasteiger charge is 2.46. The average molecular weight is 359 g/mol. The minimum Gasteiger partial charge on any atom is -0.478 e. The molecule has 2 amide bonds. The predicted octanol–water partition coefficient (Wildman–Crippen LogP) is 1.66. The number of carbonyl (C=O) groups is 3. The topological polar surface area (TPSA) is 130 Å². The van der Waals surface area contributed by atoms with E-state index in [1.165, 1.54) is 17.0 Å². The summed E-state index contributed by atoms with van der Waals surface area (Å²) < 4.78 is 0. The largest absolute Gasteiger partial charge is 0.478 e. The minimum atomic E-state index is -1.26. The SMILES string of the molecule is O=C(O)c1ccc(NCCN2C(=O)C3CC=CCC3C2=O)c([N+](=O)[O-])c1. The maximum atomic E-state index is 12.4. The molecule has 2 aliphatic rings. The van der Waals surface area contributed by atoms with Gasteiger partial charge in [-0.1, -0.05) is 12.2 Å². The number of nitro benzene ring substituents is 1. The molecule has 1 saturated heterocycles. The summed E-state index contributed by atoms with van der Waals surface area (Å²) in [5.74, 6) is -2.29. The second-order valence-corrected chi connectivity index (χ2v) is 6.20. The van der Waals surface area contributed by atoms with Crippen LogP contribution in [0.3, 0.4) is 0 Å². The van der Waals surface area contributed by atoms with Gasteiger partial charge in [-0.25, -0.2) is 4.79 Å². The molecule has 9 heteroatoms. The van der Waals surface area contributed by atoms with Gasteiger partial charge in [0.05, 0.1) is 22.3 Å². The Kier molecular flexibility index (Phi) is 4.70. The maximum Gasteiger partial charge on any atom is 0.335 e. The van der Waals surface area contributed by atoms with Crippen LogP contribution < -0.4 is 5.32 Å². The number of benzene rings is 1. The molecule has 2 unspecified atom stereocenters. The molecule has 0 spiro atoms. The second-order valence-electron chi connectivity index (χ2n) is 6.20. The van der Waals surface area contributed by atoms with Gasteiger partial charge in [0.1, 0.15) is 5.69 Å². The molecule has 0 radical (unpaired) electrons. The number of aromatic carboxylic acids is 1. The molecule has 1 aliphatic carbocycles. The lowest BCUT2D eigenvalue weighted by Gasteiger charge is -2.15. The fourth-order valence-corrected chi connectivity index (χ4v) is 3.36. The van der Waals surface area contributed by atoms with E-state index < -0.39 is 10.9 Å². The van der Waals surface area contributed by atoms with E-state index >= 15 is 0 Å². The number of anilines is 1. The summed E-state index contributed by atoms with van der Waals surface area (Å²) in [6.45, 7) is 0.236. The number of carbonyl (C=O) groups excluding carboxylic acids is 2. The quantitative estimate of drug-likeness (QED) is 0.342. The van der Waals surface area contributed by atoms with E-state index in [1.54, 1.807) is 0 Å². The molecule has 1 heterocycles. The molecule has 9 nitrogen and oxygen atoms in total. The Hall–Kier alpha value is -3.23. The Morgan fingerprint density at radius 1 is 1.23 bits per heavy atom. The molecule has 26 heavy (non-hydrogen) atoms. The number of rotatable bonds is 6. The van der Waals surface area contributed by atoms with Gasteiger partial charge in [-0.3, -0.25) is 24.6 Å². The molecule has 1 fully saturated rings. The van der Waals surface area contributed by atoms with Gasteiger partial charge in [0.2, 0.25) is 11.8 Å². The highest BCUT2D eigenvalue weighted by Crippen LogP contribution is 2.35. The van der Waals surface area contributed by atoms with Crippen molar-refractivity contribution in [3.05, 3.63) is 46.0 Å². The van der Waals surface area contributed by atoms with E-state index in [9.17, 15) is 24.5 Å². The molecule has 1 aromatic rings. The number of likely N-dealkylation sites (tertiary alicyclic amines) is 1. The Bertz CT molecular complexity index is 793. The number of imide groups is 1. The smallest absolute Gasteiger partial charge is 0.335 e. The zero-order valence-corrected chi connectivity index (χ0v) is 13.8. The predicted molar refractivity (Wildman–Crippen MR) is 90.6 cm³/mol. The minimum absolute atomic E-state index is 0.0997. The summed E-state index contributed by atoms with van der Waals surface area (Å²) in [4.78, 5) is 47.3. The fraction of sp³-hybridized carbons (Fsp3) is 0.353. The average Bonchev–Trinajstić information content (AvgIpc) is 2.86. The van der Waals surface area contributed by atoms with E-state index in [-0.39, 0.29) is 53.7 Å². The van der Waals surface area contributed by atoms with Crippen LogP contribution in [-0.4, -0.2) is 45.8 Å². The van der Waals surface area contributed by atoms with Crippen LogP contribution in [0.4, 0.5) is 11.4 Å². The number of nitro groups is 1. The number of nitrogens with zero attached hydrogens (tertiary/aromatic N) is 2. The lowest BCUT2D eigenvalue weighted by Crippen LogP contribution is -2.35. The van der Waals surface area contributed by atoms with E-state index in [4.69, 9.17) is 5.11 Å². The van der Waals surface area contributed by atoms with Crippen molar-refractivity contribution in [2.24, 2.45) is 11.8 Å². The molecule has 136 valence electrons. The third-order valence-corrected chi connectivity index (χ3v) is 4.69. The van der Waals surface area contributed by atoms with Crippen LogP contribution in [0.15, 0.2) is 30.4 Å². The van der Waals surface area contributed by atoms with Gasteiger partial charge in [0.25, 0.3) is 5.69 Å². The molecule has 2 N–H and O–H groups in total. The van der Waals surface area contributed by atoms with Crippen molar-refractivity contribution in [3.63, 3.8) is 0 Å². The van der Waals surface area contributed by atoms with Gasteiger partial charge in [0.15, 0.2) is 0 Å². The first-order chi connectivity index (χ1) is 12.4. The first-order valence-electron chi connectivity index (χ1n) is 8.16. The lowest BCUT2D eigenvalue weighted by molar-refractivity contribution is -0.384. The maximum absolute atomic E-state index is 12.4. The zero-order chi connectivity index (χ0) is 18.8. The monoisotopic (exact) mass is 359 g/mol. The first kappa shape index (κ1) is 17.6. The van der Waals surface area contributed by atoms with Gasteiger partial charge in [-0.15, -0.1) is 0 Å². The van der Waals surface area contributed by atoms with E-state index in [0.29, 0.717) is 12.8 Å². The number of fused-ring (bicyclic) bond motifs is 1. The highest BCUT2D eigenvalue weighted by molar-refractivity contribution is 6.05. The summed E-state index contributed by atoms with van der Waals surface area (Å²) in [5, 5.41) is 22.9. The van der Waals surface area contributed by atoms with Crippen LogP contribution in [0.2, 0.25) is 0 Å². The van der Waals surface area contributed by atoms with Crippen molar-refractivity contribution >= 4 is 29.2 Å². The third-order valence-electron chi connectivity index (χ3n) is 4.69. The third kappa shape index (κ3) is 3.15. The first-order valence-corrected chi connectivity index (χ1v) is 8.16. The van der Waals surface area contributed by atoms with Gasteiger partial charge >= 0.3 is 5.97 Å². The molecule has 1 aromatic carbocycles. The van der Waals surface area contributed by atoms with Crippen LogP contribution in [0.1, 0.15) is 23.2 Å². The molecule has 1 aliphatic heterocycles. The fourth-order valence-electron chi connectivity index (χ4n) is 3.36. The molecular weight excluding hydrogens is 342 g/mol. The number of hydrogen-bond acceptors (Lipinski definition) is 6. The number of amides is 2. The molecule has 2 atom stereocenters. The lowest BCUT2D eigenvalue weighted by atomic mass is 9.85. The van der Waals surface area contributed by atoms with Crippen LogP contribution in [0, 0.1) is 22.0 Å². The van der Waals surface area contributed by atoms with Crippen molar-refractivity contribution in [3.8, 4) is 0 Å². The molecule has 3 rings (SSSR count). The van der Waals surface area contributed by atoms with Crippen LogP contribution in [0.5, 0.6) is 0 Å². The van der Waals surface area contributed by atoms with Crippen LogP contribution in [-0.2, 0) is 9.59 Å². The van der Waals surface area contributed by atoms with Crippen LogP contribution in [0.25, 0.3) is 0 Å². The molecule has 0 aromatic heterocycles. The number of allylic oxidation sites excluding steroid dienone is 2. The standard InChI is InChI=1S/C17H17N3O6/c21-15-11-3-1-2-4-12(11)16(22)19(15)8-7-18-13-6-5-10(17(23)24)9-14(13)20(25)26/h1-2,5-6,9,11-12,18H,3-4,7-8H2,(H,23,24). The van der Waals surface area contributed by atoms with Crippen molar-refractivity contribution in [1.82, 2.24) is 4.90 Å². The van der Waals surface area contributed by atoms with Gasteiger partial charge in [0, 0.05) is 19.2 Å². The molecule has 0 saturated carbocycles. The van der Waals surface area contributed by atoms with Gasteiger partial charge in [-0.2, -0.15) is 0 Å². The second kappa shape index (κ2) is 6.95. The number of carboxylic acids is 1. The van der Waals surface area contributed by atoms with E-state index in [1.807, 2.05) is 12.2 Å². The number of carboxylic acid groups (broad SMARTS) is 1. The van der Waals surface area contributed by atoms with Crippen molar-refractivity contribution < 1.29 is 24.4 Å². The van der Waals surface area contributed by atoms with Crippen LogP contribution >= 0.6 is 0 Å². The van der Waals surface area contributed by atoms with Crippen molar-refractivity contribution in [1.29, 1.82) is 0 Å². The van der Waals surface area contributed by atoms with Crippen molar-refractivity contribution in [2.75, 3.05) is 18.4 Å². The Morgan fingerprint density at radius 2 is 1.85 bits per heavy atom. The van der Waals surface area contributed by atoms with Gasteiger partial charge < -0.3 is 10.4 Å². The highest BCUT2D eigenvalue weighted by atomic mass is 16.6. The summed E-state index contributed by atoms with van der Waals surface area (Å²) >= 11 is 0. The number of nitrogens with one attached hydrogen (secondary N) is 1. The summed E-state index contributed by atoms with van der Waals surface area (Å²) in [6, 6.07) is 3.53. The normalized spacial score (nSPS) is 21.6. The Labute approximate surface area is 148 Å². The van der Waals surface area contributed by atoms with E-state index in [0.717, 1.165) is 6.07 Å². The van der Waals surface area contributed by atoms with E-state index in [2.05, 4.69) is 5.32 Å². The zero-order valence-electron chi connectivity index (χ0n) is 13.8. The van der Waals surface area contributed by atoms with Gasteiger partial charge in [-0.05, 0) is 25.0 Å². The summed E-state index contributed by atoms with van der Waals surface area (Å²) in [7, 11) is 0. The Morgan fingerprint density at radius 3 is 2.38 bits per heavy atom. The summed E-state index contributed by atoms with van der Waals surface area (Å²) in [5.41, 5.74) is -0.427. The molecule has 0 bridgehead atoms. The molecular formula is C17H17N3O6. The van der Waals surface area contributed by atoms with Crippen molar-refractivity contribution in [2.45, 2.75) is 12.8 Å². The number of hydrogen-bond donors (Lipinski definition) is 2. The Balaban J connectivity index is 1.67.